The molecule has 4 nitrogen and oxygen atoms in total. The molecule has 0 bridgehead atoms. The minimum atomic E-state index is 0.160. The van der Waals surface area contributed by atoms with Gasteiger partial charge in [-0.2, -0.15) is 0 Å². The highest BCUT2D eigenvalue weighted by atomic mass is 79.9. The van der Waals surface area contributed by atoms with Crippen LogP contribution in [-0.2, 0) is 9.47 Å². The zero-order valence-electron chi connectivity index (χ0n) is 10.0. The lowest BCUT2D eigenvalue weighted by atomic mass is 10.1. The Labute approximate surface area is 115 Å². The van der Waals surface area contributed by atoms with Crippen LogP contribution in [0.25, 0.3) is 0 Å². The number of rotatable bonds is 1. The molecule has 1 unspecified atom stereocenters. The zero-order chi connectivity index (χ0) is 12.4. The first-order valence-electron chi connectivity index (χ1n) is 6.25. The van der Waals surface area contributed by atoms with Crippen molar-refractivity contribution in [2.24, 2.45) is 9.98 Å². The van der Waals surface area contributed by atoms with Crippen molar-refractivity contribution in [3.63, 3.8) is 0 Å². The highest BCUT2D eigenvalue weighted by molar-refractivity contribution is 9.11. The molecule has 0 aromatic carbocycles. The third-order valence-electron chi connectivity index (χ3n) is 3.22. The van der Waals surface area contributed by atoms with Crippen molar-refractivity contribution in [2.75, 3.05) is 13.2 Å². The molecule has 1 saturated heterocycles. The van der Waals surface area contributed by atoms with E-state index >= 15 is 0 Å². The summed E-state index contributed by atoms with van der Waals surface area (Å²) in [6.45, 7) is 1.55. The molecular weight excluding hydrogens is 296 g/mol. The molecule has 1 atom stereocenters. The van der Waals surface area contributed by atoms with Gasteiger partial charge < -0.3 is 9.47 Å². The van der Waals surface area contributed by atoms with Crippen molar-refractivity contribution in [2.45, 2.75) is 31.4 Å². The number of aliphatic imine (C=N–C) groups is 2. The van der Waals surface area contributed by atoms with E-state index in [1.165, 1.54) is 0 Å². The van der Waals surface area contributed by atoms with Gasteiger partial charge in [-0.1, -0.05) is 22.0 Å². The predicted octanol–water partition coefficient (Wildman–Crippen LogP) is 2.60. The summed E-state index contributed by atoms with van der Waals surface area (Å²) in [5.74, 6) is 0.631. The summed E-state index contributed by atoms with van der Waals surface area (Å²) in [5.41, 5.74) is 0.980. The van der Waals surface area contributed by atoms with Crippen LogP contribution >= 0.6 is 15.9 Å². The van der Waals surface area contributed by atoms with Crippen LogP contribution in [0.1, 0.15) is 19.3 Å². The summed E-state index contributed by atoms with van der Waals surface area (Å²) in [7, 11) is 0. The van der Waals surface area contributed by atoms with Gasteiger partial charge in [-0.15, -0.1) is 0 Å². The van der Waals surface area contributed by atoms with Gasteiger partial charge in [0.05, 0.1) is 31.2 Å². The molecule has 0 amide bonds. The molecule has 5 heteroatoms. The van der Waals surface area contributed by atoms with E-state index in [0.717, 1.165) is 42.7 Å². The Morgan fingerprint density at radius 2 is 2.17 bits per heavy atom. The molecule has 2 aliphatic heterocycles. The van der Waals surface area contributed by atoms with Gasteiger partial charge in [-0.05, 0) is 12.5 Å². The third-order valence-corrected chi connectivity index (χ3v) is 3.78. The Kier molecular flexibility index (Phi) is 3.61. The fourth-order valence-corrected chi connectivity index (χ4v) is 2.64. The van der Waals surface area contributed by atoms with Crippen LogP contribution in [0.2, 0.25) is 0 Å². The molecule has 3 aliphatic rings. The Hall–Kier alpha value is -0.940. The second-order valence-corrected chi connectivity index (χ2v) is 5.48. The maximum Gasteiger partial charge on any atom is 0.232 e. The van der Waals surface area contributed by atoms with E-state index in [-0.39, 0.29) is 12.1 Å². The molecule has 0 N–H and O–H groups in total. The lowest BCUT2D eigenvalue weighted by Crippen LogP contribution is -2.28. The van der Waals surface area contributed by atoms with E-state index in [1.807, 2.05) is 6.08 Å². The minimum Gasteiger partial charge on any atom is -0.473 e. The second-order valence-electron chi connectivity index (χ2n) is 4.57. The van der Waals surface area contributed by atoms with Crippen molar-refractivity contribution in [3.8, 4) is 0 Å². The highest BCUT2D eigenvalue weighted by Gasteiger charge is 2.22. The van der Waals surface area contributed by atoms with Gasteiger partial charge in [-0.25, -0.2) is 4.99 Å². The number of hydrogen-bond donors (Lipinski definition) is 0. The molecule has 0 aromatic heterocycles. The topological polar surface area (TPSA) is 43.2 Å². The largest absolute Gasteiger partial charge is 0.473 e. The number of allylic oxidation sites excluding steroid dienone is 2. The first-order chi connectivity index (χ1) is 8.81. The second kappa shape index (κ2) is 5.36. The van der Waals surface area contributed by atoms with E-state index in [1.54, 1.807) is 6.21 Å². The molecule has 0 saturated carbocycles. The number of nitrogens with zero attached hydrogens (tertiary/aromatic N) is 2. The number of fused-ring (bicyclic) bond motifs is 1. The predicted molar refractivity (Wildman–Crippen MR) is 74.4 cm³/mol. The molecular formula is C13H15BrN2O2. The average molecular weight is 311 g/mol. The van der Waals surface area contributed by atoms with Crippen LogP contribution in [0, 0.1) is 0 Å². The lowest BCUT2D eigenvalue weighted by molar-refractivity contribution is 0.0215. The molecule has 96 valence electrons. The Balaban J connectivity index is 1.69. The standard InChI is InChI=1S/C13H15BrN2O2/c14-9-1-2-11-12(7-9)16-13(8-15-11)18-10-3-5-17-6-4-10/h1,7-8,10-11H,2-6H2. The average Bonchev–Trinajstić information content (AvgIpc) is 2.39. The monoisotopic (exact) mass is 310 g/mol. The van der Waals surface area contributed by atoms with Crippen LogP contribution in [0.5, 0.6) is 0 Å². The van der Waals surface area contributed by atoms with Gasteiger partial charge in [0.1, 0.15) is 6.10 Å². The van der Waals surface area contributed by atoms with Crippen LogP contribution in [0.3, 0.4) is 0 Å². The van der Waals surface area contributed by atoms with Crippen molar-refractivity contribution < 1.29 is 9.47 Å². The summed E-state index contributed by atoms with van der Waals surface area (Å²) in [5, 5.41) is 0. The van der Waals surface area contributed by atoms with Crippen molar-refractivity contribution in [1.82, 2.24) is 0 Å². The van der Waals surface area contributed by atoms with E-state index in [9.17, 15) is 0 Å². The molecule has 0 radical (unpaired) electrons. The zero-order valence-corrected chi connectivity index (χ0v) is 11.6. The SMILES string of the molecule is BrC1=CCC2N=CC(OC3CCOCC3)=NC2=C1. The summed E-state index contributed by atoms with van der Waals surface area (Å²) in [4.78, 5) is 9.03. The fraction of sp³-hybridized carbons (Fsp3) is 0.538. The maximum atomic E-state index is 5.86. The maximum absolute atomic E-state index is 5.86. The lowest BCUT2D eigenvalue weighted by Gasteiger charge is -2.25. The van der Waals surface area contributed by atoms with Gasteiger partial charge in [0.25, 0.3) is 0 Å². The quantitative estimate of drug-likeness (QED) is 0.747. The van der Waals surface area contributed by atoms with Gasteiger partial charge in [0.2, 0.25) is 5.90 Å². The summed E-state index contributed by atoms with van der Waals surface area (Å²) in [6.07, 6.45) is 8.85. The number of halogens is 1. The van der Waals surface area contributed by atoms with Crippen LogP contribution < -0.4 is 0 Å². The number of ether oxygens (including phenoxy) is 2. The summed E-state index contributed by atoms with van der Waals surface area (Å²) in [6, 6.07) is 0.160. The molecule has 0 spiro atoms. The summed E-state index contributed by atoms with van der Waals surface area (Å²) >= 11 is 3.47. The molecule has 1 aliphatic carbocycles. The minimum absolute atomic E-state index is 0.160. The smallest absolute Gasteiger partial charge is 0.232 e. The van der Waals surface area contributed by atoms with Gasteiger partial charge >= 0.3 is 0 Å². The normalized spacial score (nSPS) is 28.1. The van der Waals surface area contributed by atoms with Crippen molar-refractivity contribution in [3.05, 3.63) is 22.3 Å². The first-order valence-corrected chi connectivity index (χ1v) is 7.04. The van der Waals surface area contributed by atoms with E-state index in [0.29, 0.717) is 5.90 Å². The molecule has 18 heavy (non-hydrogen) atoms. The van der Waals surface area contributed by atoms with E-state index in [2.05, 4.69) is 32.0 Å². The fourth-order valence-electron chi connectivity index (χ4n) is 2.22. The van der Waals surface area contributed by atoms with Crippen molar-refractivity contribution >= 4 is 28.0 Å². The Morgan fingerprint density at radius 3 is 3.00 bits per heavy atom. The number of hydrogen-bond acceptors (Lipinski definition) is 4. The Morgan fingerprint density at radius 1 is 1.33 bits per heavy atom. The van der Waals surface area contributed by atoms with E-state index in [4.69, 9.17) is 9.47 Å². The first kappa shape index (κ1) is 12.1. The van der Waals surface area contributed by atoms with Gasteiger partial charge in [0.15, 0.2) is 0 Å². The Bertz CT molecular complexity index is 448. The third kappa shape index (κ3) is 2.72. The molecule has 3 rings (SSSR count). The van der Waals surface area contributed by atoms with Gasteiger partial charge in [0, 0.05) is 17.3 Å². The highest BCUT2D eigenvalue weighted by Crippen LogP contribution is 2.27. The van der Waals surface area contributed by atoms with Crippen LogP contribution in [-0.4, -0.2) is 37.5 Å². The molecule has 2 heterocycles. The van der Waals surface area contributed by atoms with Crippen LogP contribution in [0.4, 0.5) is 0 Å². The van der Waals surface area contributed by atoms with Gasteiger partial charge in [-0.3, -0.25) is 4.99 Å². The molecule has 0 aromatic rings. The van der Waals surface area contributed by atoms with Crippen molar-refractivity contribution in [1.29, 1.82) is 0 Å². The molecule has 1 fully saturated rings. The van der Waals surface area contributed by atoms with E-state index < -0.39 is 0 Å². The van der Waals surface area contributed by atoms with Crippen LogP contribution in [0.15, 0.2) is 32.3 Å². The summed E-state index contributed by atoms with van der Waals surface area (Å²) < 4.78 is 12.2.